The van der Waals surface area contributed by atoms with Gasteiger partial charge < -0.3 is 10.5 Å². The molecule has 5 heteroatoms. The molecule has 1 heterocycles. The molecule has 0 bridgehead atoms. The predicted molar refractivity (Wildman–Crippen MR) is 84.1 cm³/mol. The minimum absolute atomic E-state index is 0.109. The fraction of sp³-hybridized carbons (Fsp3) is 0.562. The first-order chi connectivity index (χ1) is 10.1. The highest BCUT2D eigenvalue weighted by Gasteiger charge is 2.27. The van der Waals surface area contributed by atoms with Crippen LogP contribution in [-0.4, -0.2) is 36.6 Å². The van der Waals surface area contributed by atoms with Crippen molar-refractivity contribution in [3.63, 3.8) is 0 Å². The highest BCUT2D eigenvalue weighted by molar-refractivity contribution is 6.30. The van der Waals surface area contributed by atoms with Crippen LogP contribution in [0, 0.1) is 5.92 Å². The van der Waals surface area contributed by atoms with E-state index < -0.39 is 0 Å². The number of piperidine rings is 1. The summed E-state index contributed by atoms with van der Waals surface area (Å²) in [5, 5.41) is 0.747. The molecular formula is C16H23ClN2O2. The molecule has 0 aromatic heterocycles. The zero-order valence-electron chi connectivity index (χ0n) is 12.4. The Bertz CT molecular complexity index is 481. The van der Waals surface area contributed by atoms with Gasteiger partial charge in [-0.05, 0) is 37.0 Å². The minimum atomic E-state index is -0.126. The van der Waals surface area contributed by atoms with Gasteiger partial charge in [-0.15, -0.1) is 0 Å². The summed E-state index contributed by atoms with van der Waals surface area (Å²) in [6.45, 7) is 4.80. The summed E-state index contributed by atoms with van der Waals surface area (Å²) in [7, 11) is 0. The lowest BCUT2D eigenvalue weighted by Crippen LogP contribution is -2.47. The molecule has 1 aliphatic rings. The largest absolute Gasteiger partial charge is 0.466 e. The Hall–Kier alpha value is -1.10. The molecule has 1 fully saturated rings. The predicted octanol–water partition coefficient (Wildman–Crippen LogP) is 2.44. The maximum atomic E-state index is 11.6. The maximum Gasteiger partial charge on any atom is 0.306 e. The molecule has 0 aliphatic carbocycles. The standard InChI is InChI=1S/C16H23ClN2O2/c1-2-21-16(20)8-13-7-15(18)11-19(10-13)9-12-4-3-5-14(17)6-12/h3-6,13,15H,2,7-11,18H2,1H3. The van der Waals surface area contributed by atoms with E-state index in [1.54, 1.807) is 0 Å². The quantitative estimate of drug-likeness (QED) is 0.849. The third-order valence-corrected chi connectivity index (χ3v) is 3.94. The summed E-state index contributed by atoms with van der Waals surface area (Å²) in [5.41, 5.74) is 7.30. The third kappa shape index (κ3) is 5.30. The number of nitrogens with two attached hydrogens (primary N) is 1. The van der Waals surface area contributed by atoms with Crippen molar-refractivity contribution in [3.05, 3.63) is 34.9 Å². The van der Waals surface area contributed by atoms with E-state index in [2.05, 4.69) is 11.0 Å². The van der Waals surface area contributed by atoms with E-state index >= 15 is 0 Å². The molecule has 21 heavy (non-hydrogen) atoms. The lowest BCUT2D eigenvalue weighted by molar-refractivity contribution is -0.144. The number of rotatable bonds is 5. The van der Waals surface area contributed by atoms with Gasteiger partial charge in [-0.1, -0.05) is 23.7 Å². The van der Waals surface area contributed by atoms with Gasteiger partial charge in [-0.3, -0.25) is 9.69 Å². The summed E-state index contributed by atoms with van der Waals surface area (Å²) < 4.78 is 5.03. The summed E-state index contributed by atoms with van der Waals surface area (Å²) in [6, 6.07) is 7.97. The Morgan fingerprint density at radius 3 is 3.00 bits per heavy atom. The first-order valence-corrected chi connectivity index (χ1v) is 7.82. The van der Waals surface area contributed by atoms with E-state index in [0.717, 1.165) is 31.1 Å². The van der Waals surface area contributed by atoms with E-state index in [4.69, 9.17) is 22.1 Å². The highest BCUT2D eigenvalue weighted by atomic mass is 35.5. The first kappa shape index (κ1) is 16.3. The third-order valence-electron chi connectivity index (χ3n) is 3.70. The fourth-order valence-corrected chi connectivity index (χ4v) is 3.19. The van der Waals surface area contributed by atoms with Crippen molar-refractivity contribution < 1.29 is 9.53 Å². The van der Waals surface area contributed by atoms with E-state index in [1.165, 1.54) is 5.56 Å². The van der Waals surface area contributed by atoms with E-state index in [9.17, 15) is 4.79 Å². The molecule has 1 aromatic rings. The molecule has 1 aliphatic heterocycles. The molecule has 2 N–H and O–H groups in total. The Kier molecular flexibility index (Phi) is 6.03. The molecule has 4 nitrogen and oxygen atoms in total. The van der Waals surface area contributed by atoms with Gasteiger partial charge in [-0.2, -0.15) is 0 Å². The van der Waals surface area contributed by atoms with E-state index in [1.807, 2.05) is 25.1 Å². The van der Waals surface area contributed by atoms with Gasteiger partial charge in [0.05, 0.1) is 6.61 Å². The van der Waals surface area contributed by atoms with Crippen molar-refractivity contribution in [2.45, 2.75) is 32.4 Å². The number of hydrogen-bond acceptors (Lipinski definition) is 4. The number of carbonyl (C=O) groups excluding carboxylic acids is 1. The number of halogens is 1. The van der Waals surface area contributed by atoms with Crippen molar-refractivity contribution in [3.8, 4) is 0 Å². The van der Waals surface area contributed by atoms with Crippen LogP contribution in [-0.2, 0) is 16.1 Å². The first-order valence-electron chi connectivity index (χ1n) is 7.44. The van der Waals surface area contributed by atoms with Gasteiger partial charge >= 0.3 is 5.97 Å². The van der Waals surface area contributed by atoms with E-state index in [0.29, 0.717) is 13.0 Å². The average Bonchev–Trinajstić information content (AvgIpc) is 2.38. The molecule has 0 spiro atoms. The number of hydrogen-bond donors (Lipinski definition) is 1. The number of esters is 1. The maximum absolute atomic E-state index is 11.6. The molecule has 1 saturated heterocycles. The number of nitrogens with zero attached hydrogens (tertiary/aromatic N) is 1. The smallest absolute Gasteiger partial charge is 0.306 e. The van der Waals surface area contributed by atoms with Gasteiger partial charge in [0.25, 0.3) is 0 Å². The molecule has 116 valence electrons. The van der Waals surface area contributed by atoms with Crippen LogP contribution in [0.15, 0.2) is 24.3 Å². The fourth-order valence-electron chi connectivity index (χ4n) is 2.97. The van der Waals surface area contributed by atoms with Crippen LogP contribution in [0.2, 0.25) is 5.02 Å². The van der Waals surface area contributed by atoms with E-state index in [-0.39, 0.29) is 17.9 Å². The Labute approximate surface area is 131 Å². The van der Waals surface area contributed by atoms with Gasteiger partial charge in [0, 0.05) is 37.1 Å². The molecule has 2 atom stereocenters. The summed E-state index contributed by atoms with van der Waals surface area (Å²) in [5.74, 6) is 0.145. The van der Waals surface area contributed by atoms with Crippen LogP contribution < -0.4 is 5.73 Å². The lowest BCUT2D eigenvalue weighted by atomic mass is 9.91. The molecule has 1 aromatic carbocycles. The van der Waals surface area contributed by atoms with Crippen molar-refractivity contribution in [1.29, 1.82) is 0 Å². The SMILES string of the molecule is CCOC(=O)CC1CC(N)CN(Cc2cccc(Cl)c2)C1. The van der Waals surface area contributed by atoms with Crippen LogP contribution in [0.5, 0.6) is 0 Å². The second kappa shape index (κ2) is 7.78. The van der Waals surface area contributed by atoms with Crippen LogP contribution in [0.3, 0.4) is 0 Å². The van der Waals surface area contributed by atoms with Gasteiger partial charge in [0.1, 0.15) is 0 Å². The molecule has 2 rings (SSSR count). The molecule has 0 saturated carbocycles. The minimum Gasteiger partial charge on any atom is -0.466 e. The number of likely N-dealkylation sites (tertiary alicyclic amines) is 1. The second-order valence-electron chi connectivity index (χ2n) is 5.69. The van der Waals surface area contributed by atoms with Crippen molar-refractivity contribution in [2.75, 3.05) is 19.7 Å². The summed E-state index contributed by atoms with van der Waals surface area (Å²) in [6.07, 6.45) is 1.33. The highest BCUT2D eigenvalue weighted by Crippen LogP contribution is 2.22. The van der Waals surface area contributed by atoms with Crippen LogP contribution in [0.25, 0.3) is 0 Å². The van der Waals surface area contributed by atoms with Crippen molar-refractivity contribution in [2.24, 2.45) is 11.7 Å². The normalized spacial score (nSPS) is 23.0. The van der Waals surface area contributed by atoms with Crippen molar-refractivity contribution >= 4 is 17.6 Å². The molecule has 2 unspecified atom stereocenters. The lowest BCUT2D eigenvalue weighted by Gasteiger charge is -2.36. The monoisotopic (exact) mass is 310 g/mol. The Morgan fingerprint density at radius 1 is 1.48 bits per heavy atom. The number of carbonyl (C=O) groups is 1. The summed E-state index contributed by atoms with van der Waals surface area (Å²) >= 11 is 6.02. The Morgan fingerprint density at radius 2 is 2.29 bits per heavy atom. The number of ether oxygens (including phenoxy) is 1. The van der Waals surface area contributed by atoms with Crippen LogP contribution >= 0.6 is 11.6 Å². The zero-order chi connectivity index (χ0) is 15.2. The Balaban J connectivity index is 1.92. The van der Waals surface area contributed by atoms with Gasteiger partial charge in [0.2, 0.25) is 0 Å². The van der Waals surface area contributed by atoms with Crippen LogP contribution in [0.4, 0.5) is 0 Å². The molecular weight excluding hydrogens is 288 g/mol. The van der Waals surface area contributed by atoms with Crippen LogP contribution in [0.1, 0.15) is 25.3 Å². The number of benzene rings is 1. The molecule has 0 amide bonds. The van der Waals surface area contributed by atoms with Crippen molar-refractivity contribution in [1.82, 2.24) is 4.90 Å². The topological polar surface area (TPSA) is 55.6 Å². The van der Waals surface area contributed by atoms with Gasteiger partial charge in [0.15, 0.2) is 0 Å². The second-order valence-corrected chi connectivity index (χ2v) is 6.13. The summed E-state index contributed by atoms with van der Waals surface area (Å²) in [4.78, 5) is 13.9. The zero-order valence-corrected chi connectivity index (χ0v) is 13.2. The molecule has 0 radical (unpaired) electrons. The average molecular weight is 311 g/mol. The van der Waals surface area contributed by atoms with Gasteiger partial charge in [-0.25, -0.2) is 0 Å².